The summed E-state index contributed by atoms with van der Waals surface area (Å²) in [6, 6.07) is 13.2. The number of rotatable bonds is 7. The number of likely N-dealkylation sites (N-methyl/N-ethyl adjacent to an activating group) is 1. The van der Waals surface area contributed by atoms with Gasteiger partial charge in [0, 0.05) is 25.0 Å². The Hall–Kier alpha value is -1.91. The van der Waals surface area contributed by atoms with Crippen molar-refractivity contribution in [3.05, 3.63) is 59.9 Å². The maximum Gasteiger partial charge on any atom is 0.122 e. The number of nitrogens with one attached hydrogen (secondary N) is 1. The van der Waals surface area contributed by atoms with E-state index in [-0.39, 0.29) is 0 Å². The zero-order valence-corrected chi connectivity index (χ0v) is 15.3. The average molecular weight is 339 g/mol. The Kier molecular flexibility index (Phi) is 6.42. The van der Waals surface area contributed by atoms with E-state index in [2.05, 4.69) is 52.6 Å². The molecule has 134 valence electrons. The van der Waals surface area contributed by atoms with Gasteiger partial charge in [-0.1, -0.05) is 18.2 Å². The molecule has 4 heteroatoms. The Morgan fingerprint density at radius 1 is 1.16 bits per heavy atom. The van der Waals surface area contributed by atoms with Gasteiger partial charge in [0.1, 0.15) is 5.75 Å². The molecule has 2 aromatic rings. The Bertz CT molecular complexity index is 639. The molecule has 0 amide bonds. The summed E-state index contributed by atoms with van der Waals surface area (Å²) in [5, 5.41) is 3.48. The van der Waals surface area contributed by atoms with Crippen LogP contribution in [-0.2, 0) is 6.42 Å². The van der Waals surface area contributed by atoms with E-state index in [0.717, 1.165) is 31.8 Å². The van der Waals surface area contributed by atoms with E-state index < -0.39 is 0 Å². The van der Waals surface area contributed by atoms with E-state index in [1.807, 2.05) is 18.5 Å². The third-order valence-corrected chi connectivity index (χ3v) is 5.28. The van der Waals surface area contributed by atoms with Crippen molar-refractivity contribution in [3.63, 3.8) is 0 Å². The highest BCUT2D eigenvalue weighted by molar-refractivity contribution is 5.36. The highest BCUT2D eigenvalue weighted by atomic mass is 16.5. The first-order chi connectivity index (χ1) is 12.3. The minimum atomic E-state index is 0.477. The fourth-order valence-electron chi connectivity index (χ4n) is 3.80. The summed E-state index contributed by atoms with van der Waals surface area (Å²) in [5.41, 5.74) is 2.71. The molecule has 0 aliphatic carbocycles. The maximum atomic E-state index is 5.55. The molecule has 1 aromatic carbocycles. The van der Waals surface area contributed by atoms with Crippen LogP contribution < -0.4 is 10.1 Å². The SMILES string of the molecule is CN[C@H](Cc1ccncc1)CN1CCC(c2ccccc2OC)CC1. The molecule has 0 radical (unpaired) electrons. The number of para-hydroxylation sites is 1. The summed E-state index contributed by atoms with van der Waals surface area (Å²) in [5.74, 6) is 1.65. The van der Waals surface area contributed by atoms with E-state index in [0.29, 0.717) is 12.0 Å². The van der Waals surface area contributed by atoms with Gasteiger partial charge in [0.2, 0.25) is 0 Å². The number of likely N-dealkylation sites (tertiary alicyclic amines) is 1. The Morgan fingerprint density at radius 3 is 2.56 bits per heavy atom. The summed E-state index contributed by atoms with van der Waals surface area (Å²) in [4.78, 5) is 6.70. The van der Waals surface area contributed by atoms with Gasteiger partial charge < -0.3 is 15.0 Å². The first-order valence-electron chi connectivity index (χ1n) is 9.21. The summed E-state index contributed by atoms with van der Waals surface area (Å²) < 4.78 is 5.55. The number of aromatic nitrogens is 1. The van der Waals surface area contributed by atoms with E-state index >= 15 is 0 Å². The van der Waals surface area contributed by atoms with Crippen LogP contribution in [0.3, 0.4) is 0 Å². The molecule has 1 N–H and O–H groups in total. The van der Waals surface area contributed by atoms with Crippen molar-refractivity contribution in [3.8, 4) is 5.75 Å². The van der Waals surface area contributed by atoms with Crippen molar-refractivity contribution < 1.29 is 4.74 Å². The summed E-state index contributed by atoms with van der Waals surface area (Å²) >= 11 is 0. The summed E-state index contributed by atoms with van der Waals surface area (Å²) in [6.45, 7) is 3.39. The third-order valence-electron chi connectivity index (χ3n) is 5.28. The molecule has 25 heavy (non-hydrogen) atoms. The van der Waals surface area contributed by atoms with Gasteiger partial charge >= 0.3 is 0 Å². The van der Waals surface area contributed by atoms with Crippen molar-refractivity contribution in [1.82, 2.24) is 15.2 Å². The fourth-order valence-corrected chi connectivity index (χ4v) is 3.80. The van der Waals surface area contributed by atoms with Crippen LogP contribution in [0.2, 0.25) is 0 Å². The van der Waals surface area contributed by atoms with Gasteiger partial charge in [-0.05, 0) is 74.6 Å². The number of nitrogens with zero attached hydrogens (tertiary/aromatic N) is 2. The smallest absolute Gasteiger partial charge is 0.122 e. The van der Waals surface area contributed by atoms with Crippen LogP contribution in [0.5, 0.6) is 5.75 Å². The molecule has 0 unspecified atom stereocenters. The van der Waals surface area contributed by atoms with Gasteiger partial charge in [0.25, 0.3) is 0 Å². The molecule has 1 saturated heterocycles. The first-order valence-corrected chi connectivity index (χ1v) is 9.21. The van der Waals surface area contributed by atoms with Gasteiger partial charge in [0.15, 0.2) is 0 Å². The molecule has 1 aliphatic heterocycles. The van der Waals surface area contributed by atoms with Crippen LogP contribution in [0.25, 0.3) is 0 Å². The molecule has 0 bridgehead atoms. The molecule has 0 saturated carbocycles. The predicted octanol–water partition coefficient (Wildman–Crippen LogP) is 3.10. The molecule has 0 spiro atoms. The molecule has 1 atom stereocenters. The van der Waals surface area contributed by atoms with Crippen molar-refractivity contribution >= 4 is 0 Å². The average Bonchev–Trinajstić information content (AvgIpc) is 2.69. The van der Waals surface area contributed by atoms with Gasteiger partial charge in [-0.15, -0.1) is 0 Å². The summed E-state index contributed by atoms with van der Waals surface area (Å²) in [6.07, 6.45) is 7.20. The molecular weight excluding hydrogens is 310 g/mol. The molecule has 3 rings (SSSR count). The largest absolute Gasteiger partial charge is 0.496 e. The molecule has 1 aromatic heterocycles. The highest BCUT2D eigenvalue weighted by Crippen LogP contribution is 2.33. The lowest BCUT2D eigenvalue weighted by Gasteiger charge is -2.35. The quantitative estimate of drug-likeness (QED) is 0.841. The number of piperidine rings is 1. The van der Waals surface area contributed by atoms with Crippen LogP contribution >= 0.6 is 0 Å². The molecule has 2 heterocycles. The molecular formula is C21H29N3O. The van der Waals surface area contributed by atoms with E-state index in [9.17, 15) is 0 Å². The molecule has 1 fully saturated rings. The summed E-state index contributed by atoms with van der Waals surface area (Å²) in [7, 11) is 3.83. The number of methoxy groups -OCH3 is 1. The second kappa shape index (κ2) is 8.97. The minimum absolute atomic E-state index is 0.477. The van der Waals surface area contributed by atoms with Crippen molar-refractivity contribution in [2.75, 3.05) is 33.8 Å². The first kappa shape index (κ1) is 17.9. The van der Waals surface area contributed by atoms with Crippen LogP contribution in [0.1, 0.15) is 29.9 Å². The van der Waals surface area contributed by atoms with E-state index in [1.165, 1.54) is 24.0 Å². The predicted molar refractivity (Wildman–Crippen MR) is 102 cm³/mol. The highest BCUT2D eigenvalue weighted by Gasteiger charge is 2.24. The number of ether oxygens (including phenoxy) is 1. The standard InChI is InChI=1S/C21H29N3O/c1-22-19(15-17-7-11-23-12-8-17)16-24-13-9-18(10-14-24)20-5-3-4-6-21(20)25-2/h3-8,11-12,18-19,22H,9-10,13-16H2,1-2H3/t19-/m1/s1. The van der Waals surface area contributed by atoms with Gasteiger partial charge in [-0.3, -0.25) is 4.98 Å². The second-order valence-corrected chi connectivity index (χ2v) is 6.86. The van der Waals surface area contributed by atoms with Gasteiger partial charge in [-0.2, -0.15) is 0 Å². The lowest BCUT2D eigenvalue weighted by molar-refractivity contribution is 0.192. The normalized spacial score (nSPS) is 17.4. The number of hydrogen-bond donors (Lipinski definition) is 1. The van der Waals surface area contributed by atoms with Crippen molar-refractivity contribution in [1.29, 1.82) is 0 Å². The monoisotopic (exact) mass is 339 g/mol. The Balaban J connectivity index is 1.53. The zero-order chi connectivity index (χ0) is 17.5. The fraction of sp³-hybridized carbons (Fsp3) is 0.476. The van der Waals surface area contributed by atoms with Crippen LogP contribution in [0.15, 0.2) is 48.8 Å². The molecule has 1 aliphatic rings. The maximum absolute atomic E-state index is 5.55. The van der Waals surface area contributed by atoms with Gasteiger partial charge in [0.05, 0.1) is 7.11 Å². The number of benzene rings is 1. The topological polar surface area (TPSA) is 37.4 Å². The number of pyridine rings is 1. The lowest BCUT2D eigenvalue weighted by Crippen LogP contribution is -2.44. The van der Waals surface area contributed by atoms with Crippen LogP contribution in [0.4, 0.5) is 0 Å². The van der Waals surface area contributed by atoms with Crippen LogP contribution in [0, 0.1) is 0 Å². The molecule has 4 nitrogen and oxygen atoms in total. The van der Waals surface area contributed by atoms with Crippen molar-refractivity contribution in [2.45, 2.75) is 31.2 Å². The number of hydrogen-bond acceptors (Lipinski definition) is 4. The van der Waals surface area contributed by atoms with Crippen molar-refractivity contribution in [2.24, 2.45) is 0 Å². The second-order valence-electron chi connectivity index (χ2n) is 6.86. The lowest BCUT2D eigenvalue weighted by atomic mass is 9.88. The van der Waals surface area contributed by atoms with E-state index in [4.69, 9.17) is 4.74 Å². The third kappa shape index (κ3) is 4.80. The Labute approximate surface area is 151 Å². The van der Waals surface area contributed by atoms with Gasteiger partial charge in [-0.25, -0.2) is 0 Å². The Morgan fingerprint density at radius 2 is 1.88 bits per heavy atom. The van der Waals surface area contributed by atoms with E-state index in [1.54, 1.807) is 7.11 Å². The van der Waals surface area contributed by atoms with Crippen LogP contribution in [-0.4, -0.2) is 49.7 Å². The zero-order valence-electron chi connectivity index (χ0n) is 15.3. The minimum Gasteiger partial charge on any atom is -0.496 e.